The van der Waals surface area contributed by atoms with Gasteiger partial charge in [-0.1, -0.05) is 44.2 Å². The van der Waals surface area contributed by atoms with Gasteiger partial charge in [-0.05, 0) is 24.4 Å². The Labute approximate surface area is 123 Å². The molecule has 0 aromatic heterocycles. The summed E-state index contributed by atoms with van der Waals surface area (Å²) >= 11 is 0. The fraction of sp³-hybridized carbons (Fsp3) is 0.647. The van der Waals surface area contributed by atoms with Gasteiger partial charge in [-0.2, -0.15) is 0 Å². The van der Waals surface area contributed by atoms with Crippen molar-refractivity contribution in [2.45, 2.75) is 26.4 Å². The first-order valence-corrected chi connectivity index (χ1v) is 7.83. The molecule has 1 atom stereocenters. The Morgan fingerprint density at radius 3 is 2.20 bits per heavy atom. The topological polar surface area (TPSA) is 26.7 Å². The first-order valence-electron chi connectivity index (χ1n) is 7.83. The molecule has 1 aromatic rings. The third-order valence-electron chi connectivity index (χ3n) is 4.10. The maximum Gasteiger partial charge on any atom is 0.0916 e. The molecular weight excluding hydrogens is 248 g/mol. The van der Waals surface area contributed by atoms with Crippen molar-refractivity contribution in [1.82, 2.24) is 9.80 Å². The molecule has 2 rings (SSSR count). The first kappa shape index (κ1) is 15.5. The number of piperazine rings is 1. The van der Waals surface area contributed by atoms with Crippen LogP contribution < -0.4 is 0 Å². The van der Waals surface area contributed by atoms with Crippen molar-refractivity contribution in [2.24, 2.45) is 5.92 Å². The molecule has 1 aliphatic rings. The van der Waals surface area contributed by atoms with Gasteiger partial charge >= 0.3 is 0 Å². The van der Waals surface area contributed by atoms with Crippen LogP contribution in [-0.2, 0) is 0 Å². The van der Waals surface area contributed by atoms with E-state index in [-0.39, 0.29) is 6.10 Å². The van der Waals surface area contributed by atoms with Crippen LogP contribution in [0, 0.1) is 5.92 Å². The van der Waals surface area contributed by atoms with Crippen molar-refractivity contribution in [3.63, 3.8) is 0 Å². The summed E-state index contributed by atoms with van der Waals surface area (Å²) in [4.78, 5) is 4.93. The van der Waals surface area contributed by atoms with Crippen LogP contribution in [0.2, 0.25) is 0 Å². The molecule has 1 N–H and O–H groups in total. The average molecular weight is 276 g/mol. The van der Waals surface area contributed by atoms with Crippen molar-refractivity contribution in [1.29, 1.82) is 0 Å². The fourth-order valence-electron chi connectivity index (χ4n) is 2.66. The summed E-state index contributed by atoms with van der Waals surface area (Å²) in [6, 6.07) is 9.97. The van der Waals surface area contributed by atoms with Crippen LogP contribution in [0.5, 0.6) is 0 Å². The second-order valence-electron chi connectivity index (χ2n) is 6.25. The molecule has 0 spiro atoms. The van der Waals surface area contributed by atoms with E-state index in [2.05, 4.69) is 23.6 Å². The predicted octanol–water partition coefficient (Wildman–Crippen LogP) is 2.38. The van der Waals surface area contributed by atoms with Gasteiger partial charge < -0.3 is 10.0 Å². The minimum atomic E-state index is -0.363. The summed E-state index contributed by atoms with van der Waals surface area (Å²) in [5.74, 6) is 0.785. The lowest BCUT2D eigenvalue weighted by Crippen LogP contribution is -2.47. The van der Waals surface area contributed by atoms with Crippen LogP contribution in [-0.4, -0.2) is 54.2 Å². The number of hydrogen-bond donors (Lipinski definition) is 1. The van der Waals surface area contributed by atoms with E-state index in [0.717, 1.165) is 44.2 Å². The molecule has 1 aromatic carbocycles. The number of nitrogens with zero attached hydrogens (tertiary/aromatic N) is 2. The minimum Gasteiger partial charge on any atom is -0.387 e. The molecular formula is C17H28N2O. The number of β-amino-alcohol motifs (C(OH)–C–C–N with tert-alkyl or cyclic N) is 1. The highest BCUT2D eigenvalue weighted by Crippen LogP contribution is 2.15. The molecule has 1 aliphatic heterocycles. The maximum atomic E-state index is 10.3. The first-order chi connectivity index (χ1) is 9.65. The molecule has 3 nitrogen and oxygen atoms in total. The van der Waals surface area contributed by atoms with Gasteiger partial charge in [0.1, 0.15) is 0 Å². The lowest BCUT2D eigenvalue weighted by atomic mass is 10.1. The molecule has 1 heterocycles. The number of rotatable bonds is 6. The smallest absolute Gasteiger partial charge is 0.0916 e. The van der Waals surface area contributed by atoms with E-state index in [9.17, 15) is 5.11 Å². The van der Waals surface area contributed by atoms with Gasteiger partial charge in [0, 0.05) is 32.7 Å². The van der Waals surface area contributed by atoms with Crippen molar-refractivity contribution in [2.75, 3.05) is 39.3 Å². The predicted molar refractivity (Wildman–Crippen MR) is 83.7 cm³/mol. The molecule has 0 bridgehead atoms. The van der Waals surface area contributed by atoms with Crippen LogP contribution in [0.1, 0.15) is 31.9 Å². The van der Waals surface area contributed by atoms with Crippen molar-refractivity contribution in [3.05, 3.63) is 35.9 Å². The Morgan fingerprint density at radius 2 is 1.60 bits per heavy atom. The molecule has 20 heavy (non-hydrogen) atoms. The van der Waals surface area contributed by atoms with E-state index < -0.39 is 0 Å². The number of benzene rings is 1. The van der Waals surface area contributed by atoms with Crippen LogP contribution in [0.3, 0.4) is 0 Å². The minimum absolute atomic E-state index is 0.363. The zero-order valence-electron chi connectivity index (χ0n) is 12.8. The van der Waals surface area contributed by atoms with E-state index in [4.69, 9.17) is 0 Å². The Bertz CT molecular complexity index is 372. The highest BCUT2D eigenvalue weighted by Gasteiger charge is 2.19. The van der Waals surface area contributed by atoms with Crippen LogP contribution in [0.25, 0.3) is 0 Å². The number of aliphatic hydroxyl groups excluding tert-OH is 1. The second-order valence-corrected chi connectivity index (χ2v) is 6.25. The zero-order chi connectivity index (χ0) is 14.4. The molecule has 1 saturated heterocycles. The molecule has 0 radical (unpaired) electrons. The molecule has 1 fully saturated rings. The van der Waals surface area contributed by atoms with Crippen molar-refractivity contribution >= 4 is 0 Å². The second kappa shape index (κ2) is 7.77. The molecule has 0 aliphatic carbocycles. The number of aliphatic hydroxyl groups is 1. The Hall–Kier alpha value is -0.900. The standard InChI is InChI=1S/C17H28N2O/c1-15(2)8-9-18-10-12-19(13-11-18)14-17(20)16-6-4-3-5-7-16/h3-7,15,17,20H,8-14H2,1-2H3. The molecule has 112 valence electrons. The van der Waals surface area contributed by atoms with E-state index in [1.54, 1.807) is 0 Å². The quantitative estimate of drug-likeness (QED) is 0.864. The SMILES string of the molecule is CC(C)CCN1CCN(CC(O)c2ccccc2)CC1. The van der Waals surface area contributed by atoms with Gasteiger partial charge in [0.15, 0.2) is 0 Å². The Balaban J connectivity index is 1.72. The Morgan fingerprint density at radius 1 is 1.00 bits per heavy atom. The normalized spacial score (nSPS) is 19.4. The zero-order valence-corrected chi connectivity index (χ0v) is 12.8. The van der Waals surface area contributed by atoms with Crippen LogP contribution in [0.15, 0.2) is 30.3 Å². The van der Waals surface area contributed by atoms with Crippen LogP contribution in [0.4, 0.5) is 0 Å². The summed E-state index contributed by atoms with van der Waals surface area (Å²) in [5, 5.41) is 10.3. The number of hydrogen-bond acceptors (Lipinski definition) is 3. The van der Waals surface area contributed by atoms with Gasteiger partial charge in [-0.3, -0.25) is 4.90 Å². The summed E-state index contributed by atoms with van der Waals surface area (Å²) < 4.78 is 0. The third-order valence-corrected chi connectivity index (χ3v) is 4.10. The summed E-state index contributed by atoms with van der Waals surface area (Å²) in [7, 11) is 0. The van der Waals surface area contributed by atoms with E-state index in [0.29, 0.717) is 0 Å². The summed E-state index contributed by atoms with van der Waals surface area (Å²) in [5.41, 5.74) is 1.02. The van der Waals surface area contributed by atoms with E-state index in [1.807, 2.05) is 30.3 Å². The molecule has 0 amide bonds. The van der Waals surface area contributed by atoms with Gasteiger partial charge in [0.05, 0.1) is 6.10 Å². The molecule has 1 unspecified atom stereocenters. The van der Waals surface area contributed by atoms with Crippen molar-refractivity contribution in [3.8, 4) is 0 Å². The summed E-state index contributed by atoms with van der Waals surface area (Å²) in [6.07, 6.45) is 0.922. The van der Waals surface area contributed by atoms with Gasteiger partial charge in [0.25, 0.3) is 0 Å². The molecule has 0 saturated carbocycles. The largest absolute Gasteiger partial charge is 0.387 e. The summed E-state index contributed by atoms with van der Waals surface area (Å²) in [6.45, 7) is 10.9. The van der Waals surface area contributed by atoms with Crippen molar-refractivity contribution < 1.29 is 5.11 Å². The maximum absolute atomic E-state index is 10.3. The van der Waals surface area contributed by atoms with Gasteiger partial charge in [-0.15, -0.1) is 0 Å². The van der Waals surface area contributed by atoms with E-state index >= 15 is 0 Å². The third kappa shape index (κ3) is 4.89. The highest BCUT2D eigenvalue weighted by atomic mass is 16.3. The average Bonchev–Trinajstić information content (AvgIpc) is 2.47. The molecule has 3 heteroatoms. The monoisotopic (exact) mass is 276 g/mol. The van der Waals surface area contributed by atoms with Gasteiger partial charge in [-0.25, -0.2) is 0 Å². The fourth-order valence-corrected chi connectivity index (χ4v) is 2.66. The lowest BCUT2D eigenvalue weighted by Gasteiger charge is -2.35. The van der Waals surface area contributed by atoms with Crippen LogP contribution >= 0.6 is 0 Å². The Kier molecular flexibility index (Phi) is 6.02. The lowest BCUT2D eigenvalue weighted by molar-refractivity contribution is 0.0711. The highest BCUT2D eigenvalue weighted by molar-refractivity contribution is 5.17. The van der Waals surface area contributed by atoms with E-state index in [1.165, 1.54) is 13.0 Å². The van der Waals surface area contributed by atoms with Gasteiger partial charge in [0.2, 0.25) is 0 Å².